The lowest BCUT2D eigenvalue weighted by molar-refractivity contribution is 1.41. The zero-order valence-electron chi connectivity index (χ0n) is 7.61. The molecule has 0 fully saturated rings. The molecule has 0 saturated heterocycles. The van der Waals surface area contributed by atoms with E-state index in [0.717, 1.165) is 11.1 Å². The van der Waals surface area contributed by atoms with E-state index in [1.807, 2.05) is 0 Å². The van der Waals surface area contributed by atoms with Crippen molar-refractivity contribution >= 4 is 23.0 Å². The van der Waals surface area contributed by atoms with Gasteiger partial charge in [0.25, 0.3) is 0 Å². The summed E-state index contributed by atoms with van der Waals surface area (Å²) in [4.78, 5) is 0. The first-order valence-corrected chi connectivity index (χ1v) is 4.30. The molecule has 0 aromatic heterocycles. The number of hydrogen-bond acceptors (Lipinski definition) is 2. The Bertz CT molecular complexity index is 369. The van der Waals surface area contributed by atoms with Gasteiger partial charge in [-0.25, -0.2) is 0 Å². The number of nitrogens with one attached hydrogen (secondary N) is 2. The Morgan fingerprint density at radius 2 is 1.62 bits per heavy atom. The Kier molecular flexibility index (Phi) is 2.83. The number of halogens is 1. The molecule has 0 aliphatic heterocycles. The van der Waals surface area contributed by atoms with Crippen LogP contribution in [0.5, 0.6) is 0 Å². The molecular weight excluding hydrogens is 184 g/mol. The van der Waals surface area contributed by atoms with Crippen molar-refractivity contribution in [1.29, 1.82) is 10.8 Å². The third-order valence-corrected chi connectivity index (χ3v) is 2.02. The highest BCUT2D eigenvalue weighted by atomic mass is 35.5. The molecule has 68 valence electrons. The minimum absolute atomic E-state index is 0.434. The Balaban J connectivity index is 3.35. The van der Waals surface area contributed by atoms with Crippen LogP contribution in [0.4, 0.5) is 0 Å². The number of rotatable bonds is 2. The van der Waals surface area contributed by atoms with Crippen LogP contribution >= 0.6 is 11.6 Å². The molecule has 2 nitrogen and oxygen atoms in total. The highest BCUT2D eigenvalue weighted by Crippen LogP contribution is 2.16. The summed E-state index contributed by atoms with van der Waals surface area (Å²) < 4.78 is 0. The van der Waals surface area contributed by atoms with E-state index in [1.54, 1.807) is 32.0 Å². The zero-order chi connectivity index (χ0) is 10.0. The summed E-state index contributed by atoms with van der Waals surface area (Å²) in [6.45, 7) is 3.40. The van der Waals surface area contributed by atoms with Gasteiger partial charge in [0, 0.05) is 27.6 Å². The first kappa shape index (κ1) is 9.93. The van der Waals surface area contributed by atoms with E-state index in [4.69, 9.17) is 22.4 Å². The summed E-state index contributed by atoms with van der Waals surface area (Å²) in [6, 6.07) is 5.23. The van der Waals surface area contributed by atoms with Gasteiger partial charge in [0.05, 0.1) is 0 Å². The Morgan fingerprint density at radius 3 is 2.08 bits per heavy atom. The predicted octanol–water partition coefficient (Wildman–Crippen LogP) is 3.12. The zero-order valence-corrected chi connectivity index (χ0v) is 8.37. The Morgan fingerprint density at radius 1 is 1.08 bits per heavy atom. The SMILES string of the molecule is CC(=N)c1ccc(Cl)cc1C(C)=N. The third-order valence-electron chi connectivity index (χ3n) is 1.79. The van der Waals surface area contributed by atoms with Gasteiger partial charge in [0.2, 0.25) is 0 Å². The standard InChI is InChI=1S/C10H11ClN2/c1-6(12)9-4-3-8(11)5-10(9)7(2)13/h3-5,12-13H,1-2H3. The van der Waals surface area contributed by atoms with Crippen LogP contribution in [-0.4, -0.2) is 11.4 Å². The fourth-order valence-corrected chi connectivity index (χ4v) is 1.33. The second kappa shape index (κ2) is 3.71. The van der Waals surface area contributed by atoms with E-state index in [9.17, 15) is 0 Å². The molecule has 0 bridgehead atoms. The molecule has 13 heavy (non-hydrogen) atoms. The fourth-order valence-electron chi connectivity index (χ4n) is 1.15. The monoisotopic (exact) mass is 194 g/mol. The molecule has 1 aromatic rings. The van der Waals surface area contributed by atoms with Gasteiger partial charge >= 0.3 is 0 Å². The lowest BCUT2D eigenvalue weighted by Gasteiger charge is -2.06. The summed E-state index contributed by atoms with van der Waals surface area (Å²) in [7, 11) is 0. The van der Waals surface area contributed by atoms with Crippen molar-refractivity contribution < 1.29 is 0 Å². The van der Waals surface area contributed by atoms with Crippen molar-refractivity contribution in [3.8, 4) is 0 Å². The van der Waals surface area contributed by atoms with Crippen molar-refractivity contribution in [3.05, 3.63) is 34.3 Å². The molecule has 0 unspecified atom stereocenters. The van der Waals surface area contributed by atoms with E-state index in [0.29, 0.717) is 16.4 Å². The molecule has 0 heterocycles. The molecule has 3 heteroatoms. The molecule has 0 spiro atoms. The van der Waals surface area contributed by atoms with Crippen LogP contribution in [0.25, 0.3) is 0 Å². The molecule has 0 aliphatic rings. The minimum atomic E-state index is 0.434. The second-order valence-electron chi connectivity index (χ2n) is 2.94. The minimum Gasteiger partial charge on any atom is -0.305 e. The topological polar surface area (TPSA) is 47.7 Å². The van der Waals surface area contributed by atoms with Gasteiger partial charge in [-0.1, -0.05) is 17.7 Å². The van der Waals surface area contributed by atoms with Crippen LogP contribution in [0, 0.1) is 10.8 Å². The molecule has 0 radical (unpaired) electrons. The van der Waals surface area contributed by atoms with Crippen LogP contribution < -0.4 is 0 Å². The van der Waals surface area contributed by atoms with Gasteiger partial charge in [0.1, 0.15) is 0 Å². The number of hydrogen-bond donors (Lipinski definition) is 2. The third kappa shape index (κ3) is 2.16. The first-order chi connectivity index (χ1) is 6.02. The average molecular weight is 195 g/mol. The normalized spacial score (nSPS) is 9.77. The van der Waals surface area contributed by atoms with Gasteiger partial charge in [-0.2, -0.15) is 0 Å². The highest BCUT2D eigenvalue weighted by molar-refractivity contribution is 6.31. The molecule has 2 N–H and O–H groups in total. The van der Waals surface area contributed by atoms with Gasteiger partial charge in [-0.15, -0.1) is 0 Å². The van der Waals surface area contributed by atoms with E-state index < -0.39 is 0 Å². The smallest absolute Gasteiger partial charge is 0.0413 e. The Hall–Kier alpha value is -1.15. The molecular formula is C10H11ClN2. The van der Waals surface area contributed by atoms with Crippen LogP contribution in [0.3, 0.4) is 0 Å². The van der Waals surface area contributed by atoms with Gasteiger partial charge < -0.3 is 10.8 Å². The number of benzene rings is 1. The summed E-state index contributed by atoms with van der Waals surface area (Å²) in [5, 5.41) is 15.6. The van der Waals surface area contributed by atoms with Crippen LogP contribution in [0.15, 0.2) is 18.2 Å². The summed E-state index contributed by atoms with van der Waals surface area (Å²) in [5.41, 5.74) is 2.40. The van der Waals surface area contributed by atoms with Crippen LogP contribution in [0.1, 0.15) is 25.0 Å². The predicted molar refractivity (Wildman–Crippen MR) is 56.5 cm³/mol. The summed E-state index contributed by atoms with van der Waals surface area (Å²) in [6.07, 6.45) is 0. The lowest BCUT2D eigenvalue weighted by Crippen LogP contribution is -2.03. The maximum absolute atomic E-state index is 7.51. The Labute approximate surface area is 82.6 Å². The molecule has 0 amide bonds. The average Bonchev–Trinajstić information content (AvgIpc) is 2.03. The molecule has 0 aliphatic carbocycles. The maximum Gasteiger partial charge on any atom is 0.0413 e. The lowest BCUT2D eigenvalue weighted by atomic mass is 10.0. The van der Waals surface area contributed by atoms with E-state index in [1.165, 1.54) is 0 Å². The van der Waals surface area contributed by atoms with E-state index in [2.05, 4.69) is 0 Å². The summed E-state index contributed by atoms with van der Waals surface area (Å²) in [5.74, 6) is 0. The van der Waals surface area contributed by atoms with Gasteiger partial charge in [-0.05, 0) is 26.0 Å². The van der Waals surface area contributed by atoms with Crippen LogP contribution in [-0.2, 0) is 0 Å². The largest absolute Gasteiger partial charge is 0.305 e. The molecule has 0 atom stereocenters. The molecule has 0 saturated carbocycles. The van der Waals surface area contributed by atoms with Crippen molar-refractivity contribution in [1.82, 2.24) is 0 Å². The van der Waals surface area contributed by atoms with Gasteiger partial charge in [-0.3, -0.25) is 0 Å². The highest BCUT2D eigenvalue weighted by Gasteiger charge is 2.06. The quantitative estimate of drug-likeness (QED) is 0.680. The first-order valence-electron chi connectivity index (χ1n) is 3.93. The maximum atomic E-state index is 7.51. The molecule has 1 aromatic carbocycles. The van der Waals surface area contributed by atoms with Gasteiger partial charge in [0.15, 0.2) is 0 Å². The van der Waals surface area contributed by atoms with Crippen molar-refractivity contribution in [2.45, 2.75) is 13.8 Å². The van der Waals surface area contributed by atoms with E-state index >= 15 is 0 Å². The van der Waals surface area contributed by atoms with Crippen molar-refractivity contribution in [2.24, 2.45) is 0 Å². The van der Waals surface area contributed by atoms with Crippen molar-refractivity contribution in [2.75, 3.05) is 0 Å². The fraction of sp³-hybridized carbons (Fsp3) is 0.200. The second-order valence-corrected chi connectivity index (χ2v) is 3.38. The van der Waals surface area contributed by atoms with E-state index in [-0.39, 0.29) is 0 Å². The summed E-state index contributed by atoms with van der Waals surface area (Å²) >= 11 is 5.80. The van der Waals surface area contributed by atoms with Crippen molar-refractivity contribution in [3.63, 3.8) is 0 Å². The van der Waals surface area contributed by atoms with Crippen LogP contribution in [0.2, 0.25) is 5.02 Å². The molecule has 1 rings (SSSR count).